The molecule has 0 aliphatic carbocycles. The average molecular weight is 218 g/mol. The molecule has 1 aromatic rings. The van der Waals surface area contributed by atoms with E-state index in [2.05, 4.69) is 11.8 Å². The van der Waals surface area contributed by atoms with Gasteiger partial charge in [-0.25, -0.2) is 0 Å². The molecule has 0 fully saturated rings. The summed E-state index contributed by atoms with van der Waals surface area (Å²) in [6.07, 6.45) is 0. The number of carboxylic acids is 1. The lowest BCUT2D eigenvalue weighted by Gasteiger charge is -2.19. The molecule has 0 radical (unpaired) electrons. The Morgan fingerprint density at radius 3 is 2.31 bits per heavy atom. The molecule has 0 heterocycles. The second-order valence-electron chi connectivity index (χ2n) is 3.97. The smallest absolute Gasteiger partial charge is 0.313 e. The predicted octanol–water partition coefficient (Wildman–Crippen LogP) is 1.39. The van der Waals surface area contributed by atoms with Crippen molar-refractivity contribution in [2.75, 3.05) is 6.61 Å². The molecule has 1 aromatic carbocycles. The number of carboxylic acid groups (broad SMARTS) is 1. The van der Waals surface area contributed by atoms with E-state index in [0.717, 1.165) is 11.1 Å². The van der Waals surface area contributed by atoms with Crippen molar-refractivity contribution < 1.29 is 15.0 Å². The van der Waals surface area contributed by atoms with Crippen molar-refractivity contribution in [2.24, 2.45) is 0 Å². The molecular weight excluding hydrogens is 204 g/mol. The van der Waals surface area contributed by atoms with E-state index in [9.17, 15) is 4.79 Å². The summed E-state index contributed by atoms with van der Waals surface area (Å²) >= 11 is 0. The van der Waals surface area contributed by atoms with Crippen molar-refractivity contribution in [2.45, 2.75) is 19.3 Å². The van der Waals surface area contributed by atoms with E-state index < -0.39 is 11.4 Å². The van der Waals surface area contributed by atoms with E-state index >= 15 is 0 Å². The summed E-state index contributed by atoms with van der Waals surface area (Å²) < 4.78 is 0. The summed E-state index contributed by atoms with van der Waals surface area (Å²) in [7, 11) is 0. The predicted molar refractivity (Wildman–Crippen MR) is 61.1 cm³/mol. The molecule has 0 saturated carbocycles. The van der Waals surface area contributed by atoms with Gasteiger partial charge in [0.25, 0.3) is 0 Å². The number of aliphatic carboxylic acids is 1. The molecule has 0 aromatic heterocycles. The first-order valence-corrected chi connectivity index (χ1v) is 4.92. The third-order valence-electron chi connectivity index (χ3n) is 2.45. The summed E-state index contributed by atoms with van der Waals surface area (Å²) in [6, 6.07) is 7.00. The molecule has 0 atom stereocenters. The van der Waals surface area contributed by atoms with Crippen LogP contribution in [0, 0.1) is 11.8 Å². The molecule has 0 amide bonds. The maximum Gasteiger partial charge on any atom is 0.313 e. The van der Waals surface area contributed by atoms with Gasteiger partial charge in [0, 0.05) is 5.56 Å². The Kier molecular flexibility index (Phi) is 3.70. The van der Waals surface area contributed by atoms with Gasteiger partial charge in [0.2, 0.25) is 0 Å². The molecule has 84 valence electrons. The van der Waals surface area contributed by atoms with Crippen LogP contribution in [0.5, 0.6) is 0 Å². The molecule has 0 unspecified atom stereocenters. The summed E-state index contributed by atoms with van der Waals surface area (Å²) in [5, 5.41) is 17.6. The Hall–Kier alpha value is -1.79. The van der Waals surface area contributed by atoms with E-state index in [1.54, 1.807) is 38.1 Å². The fourth-order valence-electron chi connectivity index (χ4n) is 1.24. The van der Waals surface area contributed by atoms with Crippen LogP contribution in [0.4, 0.5) is 0 Å². The Bertz CT molecular complexity index is 432. The molecule has 16 heavy (non-hydrogen) atoms. The summed E-state index contributed by atoms with van der Waals surface area (Å²) in [6.45, 7) is 3.13. The minimum Gasteiger partial charge on any atom is -0.481 e. The van der Waals surface area contributed by atoms with Gasteiger partial charge in [-0.1, -0.05) is 24.0 Å². The highest BCUT2D eigenvalue weighted by Crippen LogP contribution is 2.23. The van der Waals surface area contributed by atoms with Gasteiger partial charge in [0.15, 0.2) is 0 Å². The van der Waals surface area contributed by atoms with Crippen LogP contribution in [-0.4, -0.2) is 22.8 Å². The summed E-state index contributed by atoms with van der Waals surface area (Å²) in [5.74, 6) is 4.43. The quantitative estimate of drug-likeness (QED) is 0.737. The number of carbonyl (C=O) groups is 1. The van der Waals surface area contributed by atoms with Gasteiger partial charge < -0.3 is 10.2 Å². The van der Waals surface area contributed by atoms with Gasteiger partial charge in [-0.05, 0) is 31.5 Å². The Morgan fingerprint density at radius 2 is 1.88 bits per heavy atom. The van der Waals surface area contributed by atoms with Gasteiger partial charge in [-0.15, -0.1) is 0 Å². The number of hydrogen-bond acceptors (Lipinski definition) is 2. The van der Waals surface area contributed by atoms with Crippen molar-refractivity contribution in [1.82, 2.24) is 0 Å². The fourth-order valence-corrected chi connectivity index (χ4v) is 1.24. The second kappa shape index (κ2) is 4.82. The second-order valence-corrected chi connectivity index (χ2v) is 3.97. The third kappa shape index (κ3) is 2.62. The third-order valence-corrected chi connectivity index (χ3v) is 2.45. The average Bonchev–Trinajstić information content (AvgIpc) is 2.26. The van der Waals surface area contributed by atoms with E-state index in [1.807, 2.05) is 0 Å². The maximum atomic E-state index is 11.0. The van der Waals surface area contributed by atoms with Gasteiger partial charge in [-0.2, -0.15) is 0 Å². The van der Waals surface area contributed by atoms with Crippen LogP contribution in [0.3, 0.4) is 0 Å². The molecule has 0 aliphatic heterocycles. The van der Waals surface area contributed by atoms with Gasteiger partial charge >= 0.3 is 5.97 Å². The normalized spacial score (nSPS) is 10.4. The molecule has 0 saturated heterocycles. The highest BCUT2D eigenvalue weighted by molar-refractivity contribution is 5.80. The van der Waals surface area contributed by atoms with Crippen molar-refractivity contribution in [3.63, 3.8) is 0 Å². The monoisotopic (exact) mass is 218 g/mol. The van der Waals surface area contributed by atoms with Gasteiger partial charge in [0.05, 0.1) is 5.41 Å². The minimum atomic E-state index is -0.900. The summed E-state index contributed by atoms with van der Waals surface area (Å²) in [4.78, 5) is 11.0. The standard InChI is InChI=1S/C13H14O3/c1-13(2,12(15)16)11-7-5-10(6-8-11)4-3-9-14/h5-8,14H,9H2,1-2H3,(H,15,16). The Labute approximate surface area is 94.7 Å². The van der Waals surface area contributed by atoms with Crippen molar-refractivity contribution in [1.29, 1.82) is 0 Å². The first kappa shape index (κ1) is 12.3. The maximum absolute atomic E-state index is 11.0. The molecule has 0 bridgehead atoms. The minimum absolute atomic E-state index is 0.178. The fraction of sp³-hybridized carbons (Fsp3) is 0.308. The molecule has 0 spiro atoms. The van der Waals surface area contributed by atoms with E-state index in [4.69, 9.17) is 10.2 Å². The molecule has 1 rings (SSSR count). The van der Waals surface area contributed by atoms with E-state index in [0.29, 0.717) is 0 Å². The Balaban J connectivity index is 2.99. The van der Waals surface area contributed by atoms with Crippen LogP contribution in [0.2, 0.25) is 0 Å². The number of benzene rings is 1. The van der Waals surface area contributed by atoms with Crippen LogP contribution in [0.15, 0.2) is 24.3 Å². The SMILES string of the molecule is CC(C)(C(=O)O)c1ccc(C#CCO)cc1. The number of hydrogen-bond donors (Lipinski definition) is 2. The zero-order chi connectivity index (χ0) is 12.2. The number of rotatable bonds is 2. The molecule has 0 aliphatic rings. The van der Waals surface area contributed by atoms with Crippen LogP contribution < -0.4 is 0 Å². The molecule has 3 nitrogen and oxygen atoms in total. The van der Waals surface area contributed by atoms with Crippen LogP contribution in [0.1, 0.15) is 25.0 Å². The molecular formula is C13H14O3. The highest BCUT2D eigenvalue weighted by atomic mass is 16.4. The van der Waals surface area contributed by atoms with E-state index in [-0.39, 0.29) is 6.61 Å². The van der Waals surface area contributed by atoms with Gasteiger partial charge in [0.1, 0.15) is 6.61 Å². The van der Waals surface area contributed by atoms with Crippen LogP contribution >= 0.6 is 0 Å². The van der Waals surface area contributed by atoms with Crippen LogP contribution in [-0.2, 0) is 10.2 Å². The highest BCUT2D eigenvalue weighted by Gasteiger charge is 2.28. The molecule has 3 heteroatoms. The first-order chi connectivity index (χ1) is 7.48. The van der Waals surface area contributed by atoms with E-state index in [1.165, 1.54) is 0 Å². The number of aliphatic hydroxyl groups excluding tert-OH is 1. The summed E-state index contributed by atoms with van der Waals surface area (Å²) in [5.41, 5.74) is 0.594. The first-order valence-electron chi connectivity index (χ1n) is 4.92. The van der Waals surface area contributed by atoms with Crippen LogP contribution in [0.25, 0.3) is 0 Å². The topological polar surface area (TPSA) is 57.5 Å². The lowest BCUT2D eigenvalue weighted by Crippen LogP contribution is -2.28. The molecule has 2 N–H and O–H groups in total. The Morgan fingerprint density at radius 1 is 1.31 bits per heavy atom. The zero-order valence-corrected chi connectivity index (χ0v) is 9.32. The van der Waals surface area contributed by atoms with Crippen molar-refractivity contribution in [3.8, 4) is 11.8 Å². The lowest BCUT2D eigenvalue weighted by molar-refractivity contribution is -0.142. The van der Waals surface area contributed by atoms with Gasteiger partial charge in [-0.3, -0.25) is 4.79 Å². The van der Waals surface area contributed by atoms with Crippen molar-refractivity contribution >= 4 is 5.97 Å². The zero-order valence-electron chi connectivity index (χ0n) is 9.32. The largest absolute Gasteiger partial charge is 0.481 e. The lowest BCUT2D eigenvalue weighted by atomic mass is 9.84. The van der Waals surface area contributed by atoms with Crippen molar-refractivity contribution in [3.05, 3.63) is 35.4 Å². The number of aliphatic hydroxyl groups is 1.